The van der Waals surface area contributed by atoms with Gasteiger partial charge in [-0.1, -0.05) is 0 Å². The number of hydrogen-bond acceptors (Lipinski definition) is 3. The lowest BCUT2D eigenvalue weighted by molar-refractivity contribution is 0.0383. The molecule has 1 saturated carbocycles. The van der Waals surface area contributed by atoms with E-state index in [1.54, 1.807) is 0 Å². The van der Waals surface area contributed by atoms with Crippen molar-refractivity contribution in [3.05, 3.63) is 0 Å². The van der Waals surface area contributed by atoms with Crippen LogP contribution in [0.1, 0.15) is 12.8 Å². The molecule has 0 aromatic carbocycles. The molecule has 88 valence electrons. The highest BCUT2D eigenvalue weighted by Gasteiger charge is 2.40. The highest BCUT2D eigenvalue weighted by atomic mass is 35.5. The van der Waals surface area contributed by atoms with Gasteiger partial charge < -0.3 is 10.1 Å². The third-order valence-electron chi connectivity index (χ3n) is 3.45. The van der Waals surface area contributed by atoms with Gasteiger partial charge in [-0.15, -0.1) is 11.6 Å². The van der Waals surface area contributed by atoms with Crippen molar-refractivity contribution in [2.75, 3.05) is 51.8 Å². The van der Waals surface area contributed by atoms with Gasteiger partial charge in [0.1, 0.15) is 0 Å². The molecule has 0 radical (unpaired) electrons. The fourth-order valence-electron chi connectivity index (χ4n) is 1.95. The molecule has 0 unspecified atom stereocenters. The zero-order valence-corrected chi connectivity index (χ0v) is 10.1. The monoisotopic (exact) mass is 232 g/mol. The molecule has 3 nitrogen and oxygen atoms in total. The van der Waals surface area contributed by atoms with E-state index in [2.05, 4.69) is 10.2 Å². The molecular formula is C11H21ClN2O. The van der Waals surface area contributed by atoms with Crippen molar-refractivity contribution in [3.8, 4) is 0 Å². The molecule has 0 amide bonds. The van der Waals surface area contributed by atoms with E-state index >= 15 is 0 Å². The van der Waals surface area contributed by atoms with Crippen LogP contribution in [0.5, 0.6) is 0 Å². The highest BCUT2D eigenvalue weighted by Crippen LogP contribution is 2.45. The lowest BCUT2D eigenvalue weighted by atomic mass is 10.1. The summed E-state index contributed by atoms with van der Waals surface area (Å²) in [5.41, 5.74) is 0.451. The number of morpholine rings is 1. The Balaban J connectivity index is 1.51. The number of ether oxygens (including phenoxy) is 1. The number of rotatable bonds is 6. The average molecular weight is 233 g/mol. The van der Waals surface area contributed by atoms with Gasteiger partial charge in [0.25, 0.3) is 0 Å². The summed E-state index contributed by atoms with van der Waals surface area (Å²) in [6.45, 7) is 7.28. The molecule has 0 aromatic rings. The second-order valence-electron chi connectivity index (χ2n) is 4.76. The van der Waals surface area contributed by atoms with Gasteiger partial charge in [0.05, 0.1) is 13.2 Å². The summed E-state index contributed by atoms with van der Waals surface area (Å²) in [5, 5.41) is 3.52. The van der Waals surface area contributed by atoms with Gasteiger partial charge >= 0.3 is 0 Å². The summed E-state index contributed by atoms with van der Waals surface area (Å²) in [5.74, 6) is 0.817. The molecular weight excluding hydrogens is 212 g/mol. The molecule has 2 rings (SSSR count). The number of nitrogens with zero attached hydrogens (tertiary/aromatic N) is 1. The summed E-state index contributed by atoms with van der Waals surface area (Å²) in [6, 6.07) is 0. The Morgan fingerprint density at radius 2 is 2.00 bits per heavy atom. The molecule has 0 atom stereocenters. The Kier molecular flexibility index (Phi) is 4.26. The fourth-order valence-corrected chi connectivity index (χ4v) is 2.31. The maximum absolute atomic E-state index is 5.92. The van der Waals surface area contributed by atoms with Gasteiger partial charge in [0, 0.05) is 38.6 Å². The largest absolute Gasteiger partial charge is 0.379 e. The molecule has 4 heteroatoms. The number of hydrogen-bond donors (Lipinski definition) is 1. The number of nitrogens with one attached hydrogen (secondary N) is 1. The number of alkyl halides is 1. The Bertz CT molecular complexity index is 191. The van der Waals surface area contributed by atoms with Crippen LogP contribution in [-0.2, 0) is 4.74 Å². The van der Waals surface area contributed by atoms with Crippen LogP contribution >= 0.6 is 11.6 Å². The lowest BCUT2D eigenvalue weighted by Gasteiger charge is -2.26. The Morgan fingerprint density at radius 1 is 1.27 bits per heavy atom. The molecule has 2 fully saturated rings. The third-order valence-corrected chi connectivity index (χ3v) is 4.02. The van der Waals surface area contributed by atoms with Crippen LogP contribution in [0.15, 0.2) is 0 Å². The minimum atomic E-state index is 0.451. The highest BCUT2D eigenvalue weighted by molar-refractivity contribution is 6.18. The van der Waals surface area contributed by atoms with E-state index in [1.165, 1.54) is 12.8 Å². The van der Waals surface area contributed by atoms with Gasteiger partial charge in [-0.2, -0.15) is 0 Å². The average Bonchev–Trinajstić information content (AvgIpc) is 3.07. The summed E-state index contributed by atoms with van der Waals surface area (Å²) in [6.07, 6.45) is 2.61. The molecule has 0 aromatic heterocycles. The lowest BCUT2D eigenvalue weighted by Crippen LogP contribution is -2.41. The van der Waals surface area contributed by atoms with Crippen LogP contribution in [0.4, 0.5) is 0 Å². The van der Waals surface area contributed by atoms with Crippen LogP contribution in [0.25, 0.3) is 0 Å². The van der Waals surface area contributed by atoms with Crippen molar-refractivity contribution in [3.63, 3.8) is 0 Å². The summed E-state index contributed by atoms with van der Waals surface area (Å²) in [7, 11) is 0. The van der Waals surface area contributed by atoms with Gasteiger partial charge in [0.15, 0.2) is 0 Å². The van der Waals surface area contributed by atoms with E-state index in [0.717, 1.165) is 51.8 Å². The molecule has 1 aliphatic heterocycles. The smallest absolute Gasteiger partial charge is 0.0594 e. The second-order valence-corrected chi connectivity index (χ2v) is 5.03. The van der Waals surface area contributed by atoms with E-state index < -0.39 is 0 Å². The topological polar surface area (TPSA) is 24.5 Å². The zero-order chi connectivity index (χ0) is 10.6. The van der Waals surface area contributed by atoms with Crippen LogP contribution in [0.3, 0.4) is 0 Å². The molecule has 2 aliphatic rings. The molecule has 0 spiro atoms. The molecule has 0 bridgehead atoms. The fraction of sp³-hybridized carbons (Fsp3) is 1.00. The quantitative estimate of drug-likeness (QED) is 0.545. The van der Waals surface area contributed by atoms with Gasteiger partial charge in [-0.05, 0) is 18.3 Å². The first-order valence-corrected chi connectivity index (χ1v) is 6.45. The number of halogens is 1. The van der Waals surface area contributed by atoms with Gasteiger partial charge in [-0.25, -0.2) is 0 Å². The molecule has 1 saturated heterocycles. The maximum atomic E-state index is 5.92. The van der Waals surface area contributed by atoms with E-state index in [4.69, 9.17) is 16.3 Å². The molecule has 1 N–H and O–H groups in total. The van der Waals surface area contributed by atoms with Crippen molar-refractivity contribution >= 4 is 11.6 Å². The van der Waals surface area contributed by atoms with Crippen LogP contribution in [0, 0.1) is 5.41 Å². The standard InChI is InChI=1S/C11H21ClN2O/c12-9-11(1-2-11)10-13-3-4-14-5-7-15-8-6-14/h13H,1-10H2. The van der Waals surface area contributed by atoms with E-state index in [9.17, 15) is 0 Å². The molecule has 15 heavy (non-hydrogen) atoms. The SMILES string of the molecule is ClCC1(CNCCN2CCOCC2)CC1. The Morgan fingerprint density at radius 3 is 2.60 bits per heavy atom. The Labute approximate surface area is 97.1 Å². The normalized spacial score (nSPS) is 25.4. The molecule has 1 aliphatic carbocycles. The molecule has 1 heterocycles. The van der Waals surface area contributed by atoms with Gasteiger partial charge in [0.2, 0.25) is 0 Å². The first-order valence-electron chi connectivity index (χ1n) is 5.91. The van der Waals surface area contributed by atoms with Crippen LogP contribution in [-0.4, -0.2) is 56.7 Å². The van der Waals surface area contributed by atoms with E-state index in [-0.39, 0.29) is 0 Å². The van der Waals surface area contributed by atoms with Crippen molar-refractivity contribution in [2.24, 2.45) is 5.41 Å². The van der Waals surface area contributed by atoms with Gasteiger partial charge in [-0.3, -0.25) is 4.90 Å². The van der Waals surface area contributed by atoms with E-state index in [1.807, 2.05) is 0 Å². The zero-order valence-electron chi connectivity index (χ0n) is 9.30. The maximum Gasteiger partial charge on any atom is 0.0594 e. The van der Waals surface area contributed by atoms with Crippen LogP contribution < -0.4 is 5.32 Å². The minimum absolute atomic E-state index is 0.451. The van der Waals surface area contributed by atoms with Crippen molar-refractivity contribution in [2.45, 2.75) is 12.8 Å². The predicted octanol–water partition coefficient (Wildman–Crippen LogP) is 0.927. The van der Waals surface area contributed by atoms with Crippen LogP contribution in [0.2, 0.25) is 0 Å². The minimum Gasteiger partial charge on any atom is -0.379 e. The first-order chi connectivity index (χ1) is 7.35. The predicted molar refractivity (Wildman–Crippen MR) is 62.5 cm³/mol. The van der Waals surface area contributed by atoms with E-state index in [0.29, 0.717) is 5.41 Å². The summed E-state index contributed by atoms with van der Waals surface area (Å²) < 4.78 is 5.31. The first kappa shape index (κ1) is 11.6. The third kappa shape index (κ3) is 3.59. The summed E-state index contributed by atoms with van der Waals surface area (Å²) >= 11 is 5.92. The van der Waals surface area contributed by atoms with Crippen molar-refractivity contribution in [1.82, 2.24) is 10.2 Å². The van der Waals surface area contributed by atoms with Crippen molar-refractivity contribution < 1.29 is 4.74 Å². The van der Waals surface area contributed by atoms with Crippen molar-refractivity contribution in [1.29, 1.82) is 0 Å². The second kappa shape index (κ2) is 5.48. The Hall–Kier alpha value is 0.170. The summed E-state index contributed by atoms with van der Waals surface area (Å²) in [4.78, 5) is 2.46.